The van der Waals surface area contributed by atoms with Crippen molar-refractivity contribution in [1.82, 2.24) is 14.5 Å². The van der Waals surface area contributed by atoms with Gasteiger partial charge in [-0.3, -0.25) is 19.1 Å². The van der Waals surface area contributed by atoms with Gasteiger partial charge in [-0.1, -0.05) is 36.0 Å². The van der Waals surface area contributed by atoms with Crippen molar-refractivity contribution < 1.29 is 13.2 Å². The van der Waals surface area contributed by atoms with Crippen LogP contribution in [-0.4, -0.2) is 34.6 Å². The number of sulfonamides is 1. The number of hydrogen-bond acceptors (Lipinski definition) is 7. The predicted octanol–water partition coefficient (Wildman–Crippen LogP) is 3.31. The number of nitrogens with zero attached hydrogens (tertiary/aromatic N) is 3. The molecule has 0 bridgehead atoms. The zero-order valence-electron chi connectivity index (χ0n) is 18.7. The zero-order chi connectivity index (χ0) is 25.3. The lowest BCUT2D eigenvalue weighted by atomic mass is 10.1. The molecule has 11 heteroatoms. The van der Waals surface area contributed by atoms with Gasteiger partial charge in [-0.15, -0.1) is 0 Å². The van der Waals surface area contributed by atoms with Crippen molar-refractivity contribution in [3.05, 3.63) is 95.5 Å². The van der Waals surface area contributed by atoms with Crippen molar-refractivity contribution in [2.24, 2.45) is 5.14 Å². The van der Waals surface area contributed by atoms with Gasteiger partial charge in [0, 0.05) is 18.1 Å². The van der Waals surface area contributed by atoms with Gasteiger partial charge < -0.3 is 5.32 Å². The monoisotopic (exact) mass is 517 g/mol. The zero-order valence-corrected chi connectivity index (χ0v) is 20.3. The first-order chi connectivity index (χ1) is 17.3. The number of benzene rings is 3. The summed E-state index contributed by atoms with van der Waals surface area (Å²) in [5.74, 6) is -0.293. The number of carbonyl (C=O) groups excluding carboxylic acids is 1. The fourth-order valence-electron chi connectivity index (χ4n) is 3.72. The minimum absolute atomic E-state index is 0.0108. The van der Waals surface area contributed by atoms with Gasteiger partial charge in [-0.05, 0) is 59.3 Å². The second-order valence-electron chi connectivity index (χ2n) is 7.86. The number of nitrogens with two attached hydrogens (primary N) is 1. The molecule has 5 aromatic rings. The fourth-order valence-corrected chi connectivity index (χ4v) is 5.05. The molecule has 9 nitrogen and oxygen atoms in total. The number of amides is 1. The first-order valence-corrected chi connectivity index (χ1v) is 13.2. The van der Waals surface area contributed by atoms with Crippen molar-refractivity contribution in [3.63, 3.8) is 0 Å². The van der Waals surface area contributed by atoms with Crippen LogP contribution in [0.5, 0.6) is 0 Å². The predicted molar refractivity (Wildman–Crippen MR) is 140 cm³/mol. The lowest BCUT2D eigenvalue weighted by Gasteiger charge is -2.14. The van der Waals surface area contributed by atoms with Crippen LogP contribution in [0.15, 0.2) is 100 Å². The Bertz CT molecular complexity index is 1770. The molecule has 36 heavy (non-hydrogen) atoms. The minimum atomic E-state index is -3.90. The highest BCUT2D eigenvalue weighted by Crippen LogP contribution is 2.25. The maximum Gasteiger partial charge on any atom is 0.266 e. The molecule has 0 saturated carbocycles. The summed E-state index contributed by atoms with van der Waals surface area (Å²) in [5, 5.41) is 10.5. The second kappa shape index (κ2) is 9.53. The highest BCUT2D eigenvalue weighted by atomic mass is 32.2. The quantitative estimate of drug-likeness (QED) is 0.200. The van der Waals surface area contributed by atoms with Crippen molar-refractivity contribution in [1.29, 1.82) is 0 Å². The number of carbonyl (C=O) groups is 1. The average molecular weight is 518 g/mol. The normalized spacial score (nSPS) is 11.6. The maximum absolute atomic E-state index is 13.7. The number of nitrogens with one attached hydrogen (secondary N) is 1. The molecule has 0 fully saturated rings. The molecule has 2 heterocycles. The number of thioether (sulfide) groups is 1. The summed E-state index contributed by atoms with van der Waals surface area (Å²) >= 11 is 1.09. The van der Waals surface area contributed by atoms with Gasteiger partial charge in [0.05, 0.1) is 27.2 Å². The van der Waals surface area contributed by atoms with Crippen molar-refractivity contribution in [2.75, 3.05) is 11.1 Å². The summed E-state index contributed by atoms with van der Waals surface area (Å²) in [5.41, 5.74) is 1.15. The van der Waals surface area contributed by atoms with Crippen LogP contribution in [0.25, 0.3) is 27.4 Å². The molecule has 0 unspecified atom stereocenters. The summed E-state index contributed by atoms with van der Waals surface area (Å²) in [4.78, 5) is 34.8. The molecule has 0 aliphatic heterocycles. The number of rotatable bonds is 6. The molecule has 3 aromatic carbocycles. The molecule has 5 rings (SSSR count). The Hall–Kier alpha value is -4.06. The van der Waals surface area contributed by atoms with Crippen LogP contribution in [-0.2, 0) is 14.8 Å². The molecule has 0 aliphatic carbocycles. The van der Waals surface area contributed by atoms with Gasteiger partial charge in [-0.25, -0.2) is 18.5 Å². The van der Waals surface area contributed by atoms with Crippen molar-refractivity contribution in [2.45, 2.75) is 10.1 Å². The van der Waals surface area contributed by atoms with Crippen molar-refractivity contribution >= 4 is 55.1 Å². The Morgan fingerprint density at radius 2 is 1.64 bits per heavy atom. The van der Waals surface area contributed by atoms with Gasteiger partial charge in [0.25, 0.3) is 5.56 Å². The summed E-state index contributed by atoms with van der Waals surface area (Å²) < 4.78 is 24.7. The smallest absolute Gasteiger partial charge is 0.266 e. The van der Waals surface area contributed by atoms with E-state index in [0.717, 1.165) is 22.5 Å². The number of fused-ring (bicyclic) bond motifs is 2. The second-order valence-corrected chi connectivity index (χ2v) is 10.4. The first kappa shape index (κ1) is 23.7. The highest BCUT2D eigenvalue weighted by molar-refractivity contribution is 7.99. The summed E-state index contributed by atoms with van der Waals surface area (Å²) in [6.45, 7) is 0. The molecular formula is C25H19N5O4S2. The molecule has 3 N–H and O–H groups in total. The third-order valence-electron chi connectivity index (χ3n) is 5.42. The van der Waals surface area contributed by atoms with Gasteiger partial charge >= 0.3 is 0 Å². The van der Waals surface area contributed by atoms with E-state index in [1.165, 1.54) is 28.8 Å². The third kappa shape index (κ3) is 4.85. The molecular weight excluding hydrogens is 498 g/mol. The molecule has 1 amide bonds. The summed E-state index contributed by atoms with van der Waals surface area (Å²) in [6, 6.07) is 20.2. The number of anilines is 1. The van der Waals surface area contributed by atoms with E-state index in [0.29, 0.717) is 22.3 Å². The molecule has 0 radical (unpaired) electrons. The van der Waals surface area contributed by atoms with E-state index in [1.807, 2.05) is 30.3 Å². The van der Waals surface area contributed by atoms with Crippen LogP contribution >= 0.6 is 11.8 Å². The first-order valence-electron chi connectivity index (χ1n) is 10.7. The standard InChI is InChI=1S/C25H19N5O4S2/c26-36(33,34)20-7-5-19(6-8-20)30-24(32)21-13-16-3-1-2-4-17(16)14-22(21)29-25(30)35-15-23(31)28-18-9-11-27-12-10-18/h1-14H,15H2,(H2,26,33,34)(H,27,28,31). The Morgan fingerprint density at radius 1 is 0.972 bits per heavy atom. The molecule has 0 atom stereocenters. The largest absolute Gasteiger partial charge is 0.325 e. The number of aromatic nitrogens is 3. The third-order valence-corrected chi connectivity index (χ3v) is 7.29. The SMILES string of the molecule is NS(=O)(=O)c1ccc(-n2c(SCC(=O)Nc3ccncc3)nc3cc4ccccc4cc3c2=O)cc1. The van der Waals surface area contributed by atoms with Gasteiger partial charge in [-0.2, -0.15) is 0 Å². The number of primary sulfonamides is 1. The Morgan fingerprint density at radius 3 is 2.31 bits per heavy atom. The van der Waals surface area contributed by atoms with E-state index in [9.17, 15) is 18.0 Å². The van der Waals surface area contributed by atoms with Crippen molar-refractivity contribution in [3.8, 4) is 5.69 Å². The van der Waals surface area contributed by atoms with E-state index in [2.05, 4.69) is 10.3 Å². The summed E-state index contributed by atoms with van der Waals surface area (Å²) in [7, 11) is -3.90. The van der Waals surface area contributed by atoms with Gasteiger partial charge in [0.15, 0.2) is 5.16 Å². The van der Waals surface area contributed by atoms with Gasteiger partial charge in [0.1, 0.15) is 0 Å². The fraction of sp³-hybridized carbons (Fsp3) is 0.0400. The van der Waals surface area contributed by atoms with Gasteiger partial charge in [0.2, 0.25) is 15.9 Å². The number of pyridine rings is 1. The molecule has 2 aromatic heterocycles. The Kier molecular flexibility index (Phi) is 6.27. The maximum atomic E-state index is 13.7. The van der Waals surface area contributed by atoms with E-state index < -0.39 is 10.0 Å². The summed E-state index contributed by atoms with van der Waals surface area (Å²) in [6.07, 6.45) is 3.14. The molecule has 180 valence electrons. The van der Waals surface area contributed by atoms with Crippen LogP contribution in [0.4, 0.5) is 5.69 Å². The van der Waals surface area contributed by atoms with E-state index in [1.54, 1.807) is 30.6 Å². The van der Waals surface area contributed by atoms with Crippen LogP contribution in [0.1, 0.15) is 0 Å². The molecule has 0 spiro atoms. The lowest BCUT2D eigenvalue weighted by molar-refractivity contribution is -0.113. The van der Waals surface area contributed by atoms with Crippen LogP contribution in [0.3, 0.4) is 0 Å². The average Bonchev–Trinajstić information content (AvgIpc) is 2.87. The molecule has 0 aliphatic rings. The van der Waals surface area contributed by atoms with E-state index in [-0.39, 0.29) is 27.3 Å². The Balaban J connectivity index is 1.59. The minimum Gasteiger partial charge on any atom is -0.325 e. The van der Waals surface area contributed by atoms with E-state index >= 15 is 0 Å². The number of hydrogen-bond donors (Lipinski definition) is 2. The highest BCUT2D eigenvalue weighted by Gasteiger charge is 2.17. The van der Waals surface area contributed by atoms with Crippen LogP contribution < -0.4 is 16.0 Å². The lowest BCUT2D eigenvalue weighted by Crippen LogP contribution is -2.23. The molecule has 0 saturated heterocycles. The van der Waals surface area contributed by atoms with Crippen LogP contribution in [0.2, 0.25) is 0 Å². The topological polar surface area (TPSA) is 137 Å². The van der Waals surface area contributed by atoms with E-state index in [4.69, 9.17) is 10.1 Å². The van der Waals surface area contributed by atoms with Crippen LogP contribution in [0, 0.1) is 0 Å². The Labute approximate surface area is 210 Å².